The van der Waals surface area contributed by atoms with E-state index in [-0.39, 0.29) is 19.0 Å². The van der Waals surface area contributed by atoms with Gasteiger partial charge in [-0.1, -0.05) is 24.3 Å². The lowest BCUT2D eigenvalue weighted by atomic mass is 10.0. The van der Waals surface area contributed by atoms with E-state index in [9.17, 15) is 13.2 Å². The summed E-state index contributed by atoms with van der Waals surface area (Å²) in [5.74, 6) is 0. The molecular formula is C14H17F3N2. The molecular weight excluding hydrogens is 253 g/mol. The van der Waals surface area contributed by atoms with Gasteiger partial charge in [-0.25, -0.2) is 0 Å². The van der Waals surface area contributed by atoms with E-state index in [1.54, 1.807) is 0 Å². The summed E-state index contributed by atoms with van der Waals surface area (Å²) >= 11 is 0. The van der Waals surface area contributed by atoms with Crippen LogP contribution in [0.3, 0.4) is 0 Å². The molecule has 1 heterocycles. The highest BCUT2D eigenvalue weighted by atomic mass is 19.4. The molecule has 0 fully saturated rings. The zero-order valence-electron chi connectivity index (χ0n) is 10.7. The van der Waals surface area contributed by atoms with Gasteiger partial charge in [0, 0.05) is 30.4 Å². The molecule has 1 aliphatic rings. The minimum absolute atomic E-state index is 0.0246. The monoisotopic (exact) mass is 270 g/mol. The quantitative estimate of drug-likeness (QED) is 0.834. The van der Waals surface area contributed by atoms with Crippen molar-refractivity contribution in [3.8, 4) is 0 Å². The Labute approximate surface area is 110 Å². The van der Waals surface area contributed by atoms with Crippen LogP contribution in [0.25, 0.3) is 0 Å². The van der Waals surface area contributed by atoms with Gasteiger partial charge in [-0.3, -0.25) is 0 Å². The van der Waals surface area contributed by atoms with Gasteiger partial charge in [-0.2, -0.15) is 13.2 Å². The summed E-state index contributed by atoms with van der Waals surface area (Å²) in [6.07, 6.45) is -2.91. The highest BCUT2D eigenvalue weighted by Gasteiger charge is 2.34. The Bertz CT molecular complexity index is 478. The van der Waals surface area contributed by atoms with Gasteiger partial charge in [0.25, 0.3) is 0 Å². The minimum Gasteiger partial charge on any atom is -0.367 e. The third-order valence-corrected chi connectivity index (χ3v) is 3.34. The third kappa shape index (κ3) is 3.10. The molecule has 2 rings (SSSR count). The molecule has 1 aromatic carbocycles. The fourth-order valence-corrected chi connectivity index (χ4v) is 2.31. The van der Waals surface area contributed by atoms with E-state index in [0.29, 0.717) is 6.54 Å². The molecule has 2 N–H and O–H groups in total. The number of anilines is 1. The Balaban J connectivity index is 2.21. The molecule has 0 saturated carbocycles. The van der Waals surface area contributed by atoms with Crippen molar-refractivity contribution in [1.29, 1.82) is 0 Å². The molecule has 1 aromatic rings. The van der Waals surface area contributed by atoms with Gasteiger partial charge in [0.05, 0.1) is 0 Å². The Hall–Kier alpha value is -1.49. The number of alkyl halides is 3. The van der Waals surface area contributed by atoms with Crippen molar-refractivity contribution in [2.45, 2.75) is 25.6 Å². The Kier molecular flexibility index (Phi) is 3.85. The summed E-state index contributed by atoms with van der Waals surface area (Å²) in [4.78, 5) is 1.94. The molecule has 0 spiro atoms. The van der Waals surface area contributed by atoms with Gasteiger partial charge in [0.1, 0.15) is 0 Å². The van der Waals surface area contributed by atoms with Crippen LogP contribution >= 0.6 is 0 Å². The van der Waals surface area contributed by atoms with Crippen LogP contribution in [0, 0.1) is 0 Å². The summed E-state index contributed by atoms with van der Waals surface area (Å²) in [6, 6.07) is 7.46. The fraction of sp³-hybridized carbons (Fsp3) is 0.429. The van der Waals surface area contributed by atoms with Crippen molar-refractivity contribution in [3.05, 3.63) is 41.5 Å². The maximum absolute atomic E-state index is 12.6. The standard InChI is InChI=1S/C14H17F3N2/c1-10(18)12-4-2-3-5-13(12)19-8-6-11(7-9-19)14(15,16)17/h2-6,10H,7-9,18H2,1H3. The van der Waals surface area contributed by atoms with Gasteiger partial charge < -0.3 is 10.6 Å². The van der Waals surface area contributed by atoms with Gasteiger partial charge in [-0.05, 0) is 25.0 Å². The lowest BCUT2D eigenvalue weighted by Gasteiger charge is -2.31. The molecule has 1 unspecified atom stereocenters. The topological polar surface area (TPSA) is 29.3 Å². The average Bonchev–Trinajstić information content (AvgIpc) is 2.38. The summed E-state index contributed by atoms with van der Waals surface area (Å²) < 4.78 is 37.7. The second-order valence-corrected chi connectivity index (χ2v) is 4.77. The van der Waals surface area contributed by atoms with Crippen LogP contribution in [-0.4, -0.2) is 19.3 Å². The molecule has 0 amide bonds. The zero-order chi connectivity index (χ0) is 14.0. The number of hydrogen-bond donors (Lipinski definition) is 1. The molecule has 0 aromatic heterocycles. The number of rotatable bonds is 2. The third-order valence-electron chi connectivity index (χ3n) is 3.34. The second-order valence-electron chi connectivity index (χ2n) is 4.77. The van der Waals surface area contributed by atoms with Crippen molar-refractivity contribution in [3.63, 3.8) is 0 Å². The van der Waals surface area contributed by atoms with E-state index < -0.39 is 11.7 Å². The molecule has 0 saturated heterocycles. The average molecular weight is 270 g/mol. The molecule has 0 radical (unpaired) electrons. The first-order valence-electron chi connectivity index (χ1n) is 6.25. The molecule has 5 heteroatoms. The van der Waals surface area contributed by atoms with Crippen molar-refractivity contribution in [2.75, 3.05) is 18.0 Å². The van der Waals surface area contributed by atoms with Crippen LogP contribution in [0.1, 0.15) is 24.9 Å². The fourth-order valence-electron chi connectivity index (χ4n) is 2.31. The van der Waals surface area contributed by atoms with Crippen LogP contribution < -0.4 is 10.6 Å². The number of benzene rings is 1. The van der Waals surface area contributed by atoms with Gasteiger partial charge >= 0.3 is 6.18 Å². The molecule has 1 aliphatic heterocycles. The maximum Gasteiger partial charge on any atom is 0.412 e. The van der Waals surface area contributed by atoms with Gasteiger partial charge in [0.2, 0.25) is 0 Å². The predicted octanol–water partition coefficient (Wildman–Crippen LogP) is 3.41. The second kappa shape index (κ2) is 5.25. The first-order chi connectivity index (χ1) is 8.89. The maximum atomic E-state index is 12.6. The van der Waals surface area contributed by atoms with E-state index in [4.69, 9.17) is 5.73 Å². The molecule has 104 valence electrons. The normalized spacial score (nSPS) is 18.2. The molecule has 1 atom stereocenters. The van der Waals surface area contributed by atoms with Crippen molar-refractivity contribution in [1.82, 2.24) is 0 Å². The van der Waals surface area contributed by atoms with Crippen molar-refractivity contribution in [2.24, 2.45) is 5.73 Å². The first-order valence-corrected chi connectivity index (χ1v) is 6.25. The van der Waals surface area contributed by atoms with Gasteiger partial charge in [-0.15, -0.1) is 0 Å². The Morgan fingerprint density at radius 3 is 2.47 bits per heavy atom. The minimum atomic E-state index is -4.20. The number of nitrogens with two attached hydrogens (primary N) is 1. The van der Waals surface area contributed by atoms with E-state index >= 15 is 0 Å². The van der Waals surface area contributed by atoms with Crippen LogP contribution in [0.15, 0.2) is 35.9 Å². The highest BCUT2D eigenvalue weighted by Crippen LogP contribution is 2.33. The number of hydrogen-bond acceptors (Lipinski definition) is 2. The number of halogens is 3. The van der Waals surface area contributed by atoms with E-state index in [1.165, 1.54) is 6.08 Å². The Morgan fingerprint density at radius 1 is 1.26 bits per heavy atom. The molecule has 2 nitrogen and oxygen atoms in total. The SMILES string of the molecule is CC(N)c1ccccc1N1CC=C(C(F)(F)F)CC1. The smallest absolute Gasteiger partial charge is 0.367 e. The largest absolute Gasteiger partial charge is 0.412 e. The molecule has 19 heavy (non-hydrogen) atoms. The number of nitrogens with zero attached hydrogens (tertiary/aromatic N) is 1. The number of para-hydroxylation sites is 1. The van der Waals surface area contributed by atoms with Crippen LogP contribution in [0.5, 0.6) is 0 Å². The summed E-state index contributed by atoms with van der Waals surface area (Å²) in [5, 5.41) is 0. The highest BCUT2D eigenvalue weighted by molar-refractivity contribution is 5.56. The molecule has 0 aliphatic carbocycles. The zero-order valence-corrected chi connectivity index (χ0v) is 10.7. The van der Waals surface area contributed by atoms with E-state index in [0.717, 1.165) is 11.3 Å². The van der Waals surface area contributed by atoms with E-state index in [1.807, 2.05) is 36.1 Å². The van der Waals surface area contributed by atoms with Crippen LogP contribution in [0.4, 0.5) is 18.9 Å². The summed E-state index contributed by atoms with van der Waals surface area (Å²) in [6.45, 7) is 2.52. The van der Waals surface area contributed by atoms with Crippen molar-refractivity contribution < 1.29 is 13.2 Å². The van der Waals surface area contributed by atoms with Crippen molar-refractivity contribution >= 4 is 5.69 Å². The molecule has 0 bridgehead atoms. The lowest BCUT2D eigenvalue weighted by Crippen LogP contribution is -2.32. The Morgan fingerprint density at radius 2 is 1.95 bits per heavy atom. The summed E-state index contributed by atoms with van der Waals surface area (Å²) in [5.41, 5.74) is 7.36. The van der Waals surface area contributed by atoms with E-state index in [2.05, 4.69) is 0 Å². The lowest BCUT2D eigenvalue weighted by molar-refractivity contribution is -0.0943. The first kappa shape index (κ1) is 13.9. The summed E-state index contributed by atoms with van der Waals surface area (Å²) in [7, 11) is 0. The van der Waals surface area contributed by atoms with Gasteiger partial charge in [0.15, 0.2) is 0 Å². The predicted molar refractivity (Wildman–Crippen MR) is 70.0 cm³/mol. The van der Waals surface area contributed by atoms with Crippen LogP contribution in [0.2, 0.25) is 0 Å². The van der Waals surface area contributed by atoms with Crippen LogP contribution in [-0.2, 0) is 0 Å².